The summed E-state index contributed by atoms with van der Waals surface area (Å²) < 4.78 is 13.4. The molecule has 0 aliphatic heterocycles. The Morgan fingerprint density at radius 2 is 2.05 bits per heavy atom. The maximum absolute atomic E-state index is 13.4. The lowest BCUT2D eigenvalue weighted by molar-refractivity contribution is 0.106. The van der Waals surface area contributed by atoms with E-state index in [0.29, 0.717) is 0 Å². The van der Waals surface area contributed by atoms with Gasteiger partial charge in [-0.25, -0.2) is 4.39 Å². The van der Waals surface area contributed by atoms with Gasteiger partial charge in [-0.2, -0.15) is 0 Å². The number of hydrogen-bond donors (Lipinski definition) is 2. The molecule has 1 aromatic rings. The van der Waals surface area contributed by atoms with Gasteiger partial charge in [0.1, 0.15) is 5.82 Å². The Hall–Kier alpha value is -1.13. The van der Waals surface area contributed by atoms with Crippen molar-refractivity contribution < 1.29 is 9.50 Å². The number of nitrogens with two attached hydrogens (primary N) is 1. The Bertz CT molecular complexity index is 436. The second-order valence-corrected chi connectivity index (χ2v) is 5.52. The predicted octanol–water partition coefficient (Wildman–Crippen LogP) is 2.59. The SMILES string of the molecule is C[C@@H](N)c1cc(F)ccc1N(C)C1CCCCC1O. The molecule has 3 atom stereocenters. The standard InChI is InChI=1S/C15H23FN2O/c1-10(17)12-9-11(16)7-8-13(12)18(2)14-5-3-4-6-15(14)19/h7-10,14-15,19H,3-6,17H2,1-2H3/t10-,14?,15?/m1/s1. The monoisotopic (exact) mass is 266 g/mol. The number of halogens is 1. The average molecular weight is 266 g/mol. The van der Waals surface area contributed by atoms with E-state index in [-0.39, 0.29) is 24.0 Å². The maximum Gasteiger partial charge on any atom is 0.123 e. The fraction of sp³-hybridized carbons (Fsp3) is 0.600. The van der Waals surface area contributed by atoms with Gasteiger partial charge in [0.2, 0.25) is 0 Å². The van der Waals surface area contributed by atoms with Gasteiger partial charge in [-0.3, -0.25) is 0 Å². The quantitative estimate of drug-likeness (QED) is 0.884. The summed E-state index contributed by atoms with van der Waals surface area (Å²) in [6.07, 6.45) is 3.69. The zero-order valence-corrected chi connectivity index (χ0v) is 11.6. The number of anilines is 1. The number of hydrogen-bond acceptors (Lipinski definition) is 3. The molecule has 2 unspecified atom stereocenters. The van der Waals surface area contributed by atoms with Crippen LogP contribution in [0.2, 0.25) is 0 Å². The van der Waals surface area contributed by atoms with Crippen LogP contribution in [0.25, 0.3) is 0 Å². The van der Waals surface area contributed by atoms with E-state index >= 15 is 0 Å². The molecule has 1 aromatic carbocycles. The number of benzene rings is 1. The van der Waals surface area contributed by atoms with E-state index in [2.05, 4.69) is 4.90 Å². The van der Waals surface area contributed by atoms with Crippen molar-refractivity contribution in [2.45, 2.75) is 50.8 Å². The Kier molecular flexibility index (Phi) is 4.42. The van der Waals surface area contributed by atoms with Gasteiger partial charge in [-0.1, -0.05) is 12.8 Å². The summed E-state index contributed by atoms with van der Waals surface area (Å²) in [6, 6.07) is 4.57. The zero-order chi connectivity index (χ0) is 14.0. The first-order valence-electron chi connectivity index (χ1n) is 6.96. The van der Waals surface area contributed by atoms with Crippen molar-refractivity contribution in [2.75, 3.05) is 11.9 Å². The lowest BCUT2D eigenvalue weighted by Crippen LogP contribution is -2.44. The van der Waals surface area contributed by atoms with Crippen LogP contribution in [0.4, 0.5) is 10.1 Å². The van der Waals surface area contributed by atoms with Gasteiger partial charge in [-0.15, -0.1) is 0 Å². The highest BCUT2D eigenvalue weighted by molar-refractivity contribution is 5.55. The van der Waals surface area contributed by atoms with Crippen LogP contribution in [0, 0.1) is 5.82 Å². The molecule has 0 spiro atoms. The molecule has 4 heteroatoms. The van der Waals surface area contributed by atoms with E-state index < -0.39 is 0 Å². The van der Waals surface area contributed by atoms with Crippen LogP contribution < -0.4 is 10.6 Å². The molecule has 1 saturated carbocycles. The second-order valence-electron chi connectivity index (χ2n) is 5.52. The van der Waals surface area contributed by atoms with Crippen molar-refractivity contribution in [3.8, 4) is 0 Å². The zero-order valence-electron chi connectivity index (χ0n) is 11.6. The Morgan fingerprint density at radius 1 is 1.37 bits per heavy atom. The lowest BCUT2D eigenvalue weighted by Gasteiger charge is -2.38. The molecule has 0 radical (unpaired) electrons. The Morgan fingerprint density at radius 3 is 2.68 bits per heavy atom. The Labute approximate surface area is 114 Å². The third-order valence-electron chi connectivity index (χ3n) is 4.05. The van der Waals surface area contributed by atoms with Crippen LogP contribution in [-0.2, 0) is 0 Å². The van der Waals surface area contributed by atoms with Crippen molar-refractivity contribution in [1.29, 1.82) is 0 Å². The highest BCUT2D eigenvalue weighted by atomic mass is 19.1. The summed E-state index contributed by atoms with van der Waals surface area (Å²) in [7, 11) is 1.96. The van der Waals surface area contributed by atoms with Gasteiger partial charge in [0, 0.05) is 18.8 Å². The van der Waals surface area contributed by atoms with Gasteiger partial charge in [0.15, 0.2) is 0 Å². The van der Waals surface area contributed by atoms with Crippen molar-refractivity contribution in [3.05, 3.63) is 29.6 Å². The van der Waals surface area contributed by atoms with Crippen molar-refractivity contribution in [2.24, 2.45) is 5.73 Å². The first kappa shape index (κ1) is 14.3. The average Bonchev–Trinajstić information content (AvgIpc) is 2.38. The van der Waals surface area contributed by atoms with Crippen LogP contribution in [-0.4, -0.2) is 24.3 Å². The van der Waals surface area contributed by atoms with Gasteiger partial charge >= 0.3 is 0 Å². The summed E-state index contributed by atoms with van der Waals surface area (Å²) in [5.41, 5.74) is 7.64. The van der Waals surface area contributed by atoms with Gasteiger partial charge in [0.25, 0.3) is 0 Å². The molecule has 1 aliphatic carbocycles. The van der Waals surface area contributed by atoms with Crippen molar-refractivity contribution >= 4 is 5.69 Å². The molecule has 0 heterocycles. The molecule has 3 nitrogen and oxygen atoms in total. The van der Waals surface area contributed by atoms with Crippen molar-refractivity contribution in [3.63, 3.8) is 0 Å². The molecule has 0 aromatic heterocycles. The van der Waals surface area contributed by atoms with E-state index in [1.807, 2.05) is 14.0 Å². The van der Waals surface area contributed by atoms with Gasteiger partial charge < -0.3 is 15.7 Å². The number of nitrogens with zero attached hydrogens (tertiary/aromatic N) is 1. The highest BCUT2D eigenvalue weighted by Gasteiger charge is 2.28. The van der Waals surface area contributed by atoms with Crippen LogP contribution in [0.15, 0.2) is 18.2 Å². The molecule has 0 amide bonds. The fourth-order valence-electron chi connectivity index (χ4n) is 2.93. The summed E-state index contributed by atoms with van der Waals surface area (Å²) >= 11 is 0. The highest BCUT2D eigenvalue weighted by Crippen LogP contribution is 2.31. The third kappa shape index (κ3) is 3.07. The van der Waals surface area contributed by atoms with Crippen LogP contribution in [0.3, 0.4) is 0 Å². The molecule has 19 heavy (non-hydrogen) atoms. The van der Waals surface area contributed by atoms with Crippen LogP contribution in [0.1, 0.15) is 44.2 Å². The molecule has 0 bridgehead atoms. The maximum atomic E-state index is 13.4. The predicted molar refractivity (Wildman–Crippen MR) is 75.7 cm³/mol. The van der Waals surface area contributed by atoms with Crippen LogP contribution in [0.5, 0.6) is 0 Å². The summed E-state index contributed by atoms with van der Waals surface area (Å²) in [5.74, 6) is -0.270. The minimum atomic E-state index is -0.315. The second kappa shape index (κ2) is 5.88. The van der Waals surface area contributed by atoms with Gasteiger partial charge in [-0.05, 0) is 43.5 Å². The molecule has 3 N–H and O–H groups in total. The molecule has 0 saturated heterocycles. The lowest BCUT2D eigenvalue weighted by atomic mass is 9.90. The topological polar surface area (TPSA) is 49.5 Å². The van der Waals surface area contributed by atoms with E-state index in [1.54, 1.807) is 6.07 Å². The number of aliphatic hydroxyl groups excluding tert-OH is 1. The number of rotatable bonds is 3. The Balaban J connectivity index is 2.29. The molecule has 1 fully saturated rings. The first-order chi connectivity index (χ1) is 9.00. The smallest absolute Gasteiger partial charge is 0.123 e. The van der Waals surface area contributed by atoms with Crippen LogP contribution >= 0.6 is 0 Å². The minimum absolute atomic E-state index is 0.0942. The van der Waals surface area contributed by atoms with E-state index in [1.165, 1.54) is 12.1 Å². The molecule has 2 rings (SSSR count). The summed E-state index contributed by atoms with van der Waals surface area (Å²) in [4.78, 5) is 2.06. The minimum Gasteiger partial charge on any atom is -0.391 e. The van der Waals surface area contributed by atoms with Gasteiger partial charge in [0.05, 0.1) is 12.1 Å². The molecule has 1 aliphatic rings. The number of likely N-dealkylation sites (N-methyl/N-ethyl adjacent to an activating group) is 1. The summed E-state index contributed by atoms with van der Waals surface area (Å²) in [5, 5.41) is 10.1. The van der Waals surface area contributed by atoms with E-state index in [9.17, 15) is 9.50 Å². The van der Waals surface area contributed by atoms with E-state index in [4.69, 9.17) is 5.73 Å². The molecular formula is C15H23FN2O. The summed E-state index contributed by atoms with van der Waals surface area (Å²) in [6.45, 7) is 1.85. The molecule has 106 valence electrons. The molecular weight excluding hydrogens is 243 g/mol. The largest absolute Gasteiger partial charge is 0.391 e. The van der Waals surface area contributed by atoms with E-state index in [0.717, 1.165) is 36.9 Å². The third-order valence-corrected chi connectivity index (χ3v) is 4.05. The number of aliphatic hydroxyl groups is 1. The van der Waals surface area contributed by atoms with Crippen molar-refractivity contribution in [1.82, 2.24) is 0 Å². The fourth-order valence-corrected chi connectivity index (χ4v) is 2.93. The first-order valence-corrected chi connectivity index (χ1v) is 6.96. The normalized spacial score (nSPS) is 25.1.